The molecule has 0 radical (unpaired) electrons. The summed E-state index contributed by atoms with van der Waals surface area (Å²) >= 11 is 0. The maximum absolute atomic E-state index is 11.9. The van der Waals surface area contributed by atoms with Gasteiger partial charge in [-0.2, -0.15) is 0 Å². The van der Waals surface area contributed by atoms with Crippen molar-refractivity contribution in [2.45, 2.75) is 72.0 Å². The highest BCUT2D eigenvalue weighted by Crippen LogP contribution is 2.06. The van der Waals surface area contributed by atoms with E-state index in [9.17, 15) is 4.79 Å². The summed E-state index contributed by atoms with van der Waals surface area (Å²) in [5.74, 6) is 0.222. The van der Waals surface area contributed by atoms with Gasteiger partial charge in [0.1, 0.15) is 6.04 Å². The molecule has 0 spiro atoms. The molecule has 0 aliphatic carbocycles. The van der Waals surface area contributed by atoms with E-state index in [4.69, 9.17) is 4.74 Å². The first-order chi connectivity index (χ1) is 8.82. The van der Waals surface area contributed by atoms with E-state index in [0.717, 1.165) is 25.8 Å². The van der Waals surface area contributed by atoms with Crippen molar-refractivity contribution in [3.05, 3.63) is 12.3 Å². The van der Waals surface area contributed by atoms with E-state index in [-0.39, 0.29) is 18.1 Å². The first kappa shape index (κ1) is 18.1. The van der Waals surface area contributed by atoms with Crippen molar-refractivity contribution in [3.8, 4) is 0 Å². The number of allylic oxidation sites excluding steroid dienone is 1. The van der Waals surface area contributed by atoms with E-state index in [1.165, 1.54) is 0 Å². The van der Waals surface area contributed by atoms with Crippen LogP contribution in [0, 0.1) is 0 Å². The summed E-state index contributed by atoms with van der Waals surface area (Å²) in [6, 6.07) is 0.533. The zero-order valence-electron chi connectivity index (χ0n) is 13.1. The Balaban J connectivity index is 4.06. The van der Waals surface area contributed by atoms with Crippen molar-refractivity contribution < 1.29 is 9.53 Å². The van der Waals surface area contributed by atoms with Crippen LogP contribution in [0.25, 0.3) is 0 Å². The minimum Gasteiger partial charge on any atom is -0.431 e. The molecule has 112 valence electrons. The summed E-state index contributed by atoms with van der Waals surface area (Å²) in [7, 11) is 0. The van der Waals surface area contributed by atoms with Crippen LogP contribution in [-0.4, -0.2) is 30.6 Å². The highest BCUT2D eigenvalue weighted by molar-refractivity contribution is 5.76. The molecule has 0 rings (SSSR count). The Bertz CT molecular complexity index is 275. The molecular weight excluding hydrogens is 240 g/mol. The van der Waals surface area contributed by atoms with Crippen LogP contribution in [0.5, 0.6) is 0 Å². The molecule has 0 amide bonds. The standard InChI is InChI=1S/C15H30N2O2/c1-11(2)16-10-8-7-9-14(17-12(3)4)15(18)19-13(5)6/h11-12,14,16-17H,5,7-10H2,1-4,6H3. The van der Waals surface area contributed by atoms with Crippen LogP contribution < -0.4 is 10.6 Å². The lowest BCUT2D eigenvalue weighted by Gasteiger charge is -2.20. The predicted octanol–water partition coefficient (Wildman–Crippen LogP) is 2.60. The fourth-order valence-corrected chi connectivity index (χ4v) is 1.78. The fourth-order valence-electron chi connectivity index (χ4n) is 1.78. The monoisotopic (exact) mass is 270 g/mol. The van der Waals surface area contributed by atoms with E-state index in [1.807, 2.05) is 13.8 Å². The largest absolute Gasteiger partial charge is 0.431 e. The highest BCUT2D eigenvalue weighted by atomic mass is 16.5. The average Bonchev–Trinajstić information content (AvgIpc) is 2.25. The van der Waals surface area contributed by atoms with Gasteiger partial charge in [-0.15, -0.1) is 0 Å². The Kier molecular flexibility index (Phi) is 9.53. The molecule has 0 aromatic rings. The van der Waals surface area contributed by atoms with Crippen LogP contribution in [0.2, 0.25) is 0 Å². The molecular formula is C15H30N2O2. The van der Waals surface area contributed by atoms with Crippen molar-refractivity contribution >= 4 is 5.97 Å². The molecule has 0 aromatic carbocycles. The van der Waals surface area contributed by atoms with E-state index in [1.54, 1.807) is 6.92 Å². The first-order valence-electron chi connectivity index (χ1n) is 7.19. The normalized spacial score (nSPS) is 12.8. The molecule has 0 fully saturated rings. The molecule has 4 nitrogen and oxygen atoms in total. The second-order valence-electron chi connectivity index (χ2n) is 5.60. The van der Waals surface area contributed by atoms with Gasteiger partial charge in [0.05, 0.1) is 5.76 Å². The molecule has 0 aliphatic heterocycles. The molecule has 1 atom stereocenters. The van der Waals surface area contributed by atoms with Crippen LogP contribution in [0.1, 0.15) is 53.9 Å². The van der Waals surface area contributed by atoms with Gasteiger partial charge in [-0.25, -0.2) is 4.79 Å². The molecule has 0 aliphatic rings. The lowest BCUT2D eigenvalue weighted by atomic mass is 10.1. The van der Waals surface area contributed by atoms with Gasteiger partial charge in [0.25, 0.3) is 0 Å². The Morgan fingerprint density at radius 2 is 1.79 bits per heavy atom. The van der Waals surface area contributed by atoms with Gasteiger partial charge >= 0.3 is 5.97 Å². The van der Waals surface area contributed by atoms with Gasteiger partial charge in [0, 0.05) is 12.1 Å². The second-order valence-corrected chi connectivity index (χ2v) is 5.60. The van der Waals surface area contributed by atoms with Gasteiger partial charge in [-0.05, 0) is 26.3 Å². The van der Waals surface area contributed by atoms with E-state index in [2.05, 4.69) is 31.1 Å². The maximum Gasteiger partial charge on any atom is 0.328 e. The molecule has 0 bridgehead atoms. The number of hydrogen-bond acceptors (Lipinski definition) is 4. The van der Waals surface area contributed by atoms with Crippen molar-refractivity contribution in [1.29, 1.82) is 0 Å². The number of carbonyl (C=O) groups excluding carboxylic acids is 1. The van der Waals surface area contributed by atoms with Crippen molar-refractivity contribution in [2.75, 3.05) is 6.54 Å². The third-order valence-electron chi connectivity index (χ3n) is 2.57. The SMILES string of the molecule is C=C(C)OC(=O)C(CCCCNC(C)C)NC(C)C. The summed E-state index contributed by atoms with van der Waals surface area (Å²) in [5.41, 5.74) is 0. The lowest BCUT2D eigenvalue weighted by molar-refractivity contribution is -0.142. The molecule has 0 aromatic heterocycles. The Morgan fingerprint density at radius 1 is 1.16 bits per heavy atom. The summed E-state index contributed by atoms with van der Waals surface area (Å²) in [4.78, 5) is 11.9. The lowest BCUT2D eigenvalue weighted by Crippen LogP contribution is -2.41. The highest BCUT2D eigenvalue weighted by Gasteiger charge is 2.20. The first-order valence-corrected chi connectivity index (χ1v) is 7.19. The van der Waals surface area contributed by atoms with Crippen LogP contribution in [0.4, 0.5) is 0 Å². The topological polar surface area (TPSA) is 50.4 Å². The summed E-state index contributed by atoms with van der Waals surface area (Å²) in [6.07, 6.45) is 2.86. The van der Waals surface area contributed by atoms with E-state index < -0.39 is 0 Å². The van der Waals surface area contributed by atoms with Gasteiger partial charge in [0.2, 0.25) is 0 Å². The molecule has 1 unspecified atom stereocenters. The number of rotatable bonds is 10. The smallest absolute Gasteiger partial charge is 0.328 e. The molecule has 0 saturated heterocycles. The minimum atomic E-state index is -0.240. The van der Waals surface area contributed by atoms with Crippen LogP contribution in [-0.2, 0) is 9.53 Å². The fraction of sp³-hybridized carbons (Fsp3) is 0.800. The molecule has 0 saturated carbocycles. The van der Waals surface area contributed by atoms with E-state index >= 15 is 0 Å². The quantitative estimate of drug-likeness (QED) is 0.364. The Morgan fingerprint density at radius 3 is 2.26 bits per heavy atom. The van der Waals surface area contributed by atoms with Crippen LogP contribution in [0.3, 0.4) is 0 Å². The average molecular weight is 270 g/mol. The maximum atomic E-state index is 11.9. The van der Waals surface area contributed by atoms with Crippen molar-refractivity contribution in [3.63, 3.8) is 0 Å². The number of esters is 1. The van der Waals surface area contributed by atoms with Crippen molar-refractivity contribution in [1.82, 2.24) is 10.6 Å². The number of carbonyl (C=O) groups is 1. The Labute approximate surface area is 118 Å². The molecule has 19 heavy (non-hydrogen) atoms. The van der Waals surface area contributed by atoms with Gasteiger partial charge in [-0.1, -0.05) is 40.7 Å². The number of nitrogens with one attached hydrogen (secondary N) is 2. The molecule has 0 heterocycles. The number of ether oxygens (including phenoxy) is 1. The summed E-state index contributed by atoms with van der Waals surface area (Å²) in [5, 5.41) is 6.62. The molecule has 2 N–H and O–H groups in total. The third kappa shape index (κ3) is 10.7. The zero-order chi connectivity index (χ0) is 14.8. The van der Waals surface area contributed by atoms with Gasteiger partial charge in [-0.3, -0.25) is 0 Å². The van der Waals surface area contributed by atoms with Crippen LogP contribution >= 0.6 is 0 Å². The zero-order valence-corrected chi connectivity index (χ0v) is 13.1. The second kappa shape index (κ2) is 9.98. The minimum absolute atomic E-state index is 0.224. The van der Waals surface area contributed by atoms with Crippen molar-refractivity contribution in [2.24, 2.45) is 0 Å². The van der Waals surface area contributed by atoms with Gasteiger partial charge < -0.3 is 15.4 Å². The summed E-state index contributed by atoms with van der Waals surface area (Å²) in [6.45, 7) is 14.6. The number of hydrogen-bond donors (Lipinski definition) is 2. The third-order valence-corrected chi connectivity index (χ3v) is 2.57. The van der Waals surface area contributed by atoms with E-state index in [0.29, 0.717) is 11.8 Å². The Hall–Kier alpha value is -0.870. The summed E-state index contributed by atoms with van der Waals surface area (Å²) < 4.78 is 5.10. The van der Waals surface area contributed by atoms with Gasteiger partial charge in [0.15, 0.2) is 0 Å². The molecule has 4 heteroatoms. The van der Waals surface area contributed by atoms with Crippen LogP contribution in [0.15, 0.2) is 12.3 Å². The predicted molar refractivity (Wildman–Crippen MR) is 80.0 cm³/mol. The number of unbranched alkanes of at least 4 members (excludes halogenated alkanes) is 1.